The molecule has 9 aromatic carbocycles. The van der Waals surface area contributed by atoms with Crippen molar-refractivity contribution in [2.75, 3.05) is 131 Å². The van der Waals surface area contributed by atoms with Crippen LogP contribution in [0.1, 0.15) is 118 Å². The summed E-state index contributed by atoms with van der Waals surface area (Å²) >= 11 is 0. The number of hydrogen-bond acceptors (Lipinski definition) is 22. The topological polar surface area (TPSA) is 232 Å². The van der Waals surface area contributed by atoms with Gasteiger partial charge in [0.25, 0.3) is 0 Å². The van der Waals surface area contributed by atoms with Crippen molar-refractivity contribution in [1.29, 1.82) is 0 Å². The largest absolute Gasteiger partial charge is 0.497 e. The van der Waals surface area contributed by atoms with Gasteiger partial charge in [0.2, 0.25) is 11.9 Å². The molecule has 0 amide bonds. The second kappa shape index (κ2) is 47.9. The molecule has 10 heterocycles. The first-order chi connectivity index (χ1) is 68.1. The van der Waals surface area contributed by atoms with Gasteiger partial charge in [0.1, 0.15) is 72.4 Å². The number of rotatable bonds is 38. The van der Waals surface area contributed by atoms with Crippen molar-refractivity contribution >= 4 is 45.9 Å². The molecule has 2 fully saturated rings. The average molecular weight is 1870 g/mol. The molecule has 0 spiro atoms. The van der Waals surface area contributed by atoms with E-state index < -0.39 is 0 Å². The maximum Gasteiger partial charge on any atom is 0.247 e. The molecule has 2 atom stereocenters. The summed E-state index contributed by atoms with van der Waals surface area (Å²) in [6.07, 6.45) is 7.54. The average Bonchev–Trinajstić information content (AvgIpc) is 1.66. The Morgan fingerprint density at radius 3 is 1.12 bits per heavy atom. The lowest BCUT2D eigenvalue weighted by Crippen LogP contribution is -2.36. The van der Waals surface area contributed by atoms with Gasteiger partial charge in [-0.25, -0.2) is 28.0 Å². The number of likely N-dealkylation sites (N-methyl/N-ethyl adjacent to an activating group) is 2. The van der Waals surface area contributed by atoms with Gasteiger partial charge in [0, 0.05) is 65.6 Å². The van der Waals surface area contributed by atoms with Crippen LogP contribution in [0.3, 0.4) is 0 Å². The first-order valence-electron chi connectivity index (χ1n) is 48.5. The molecule has 26 nitrogen and oxygen atoms in total. The number of ether oxygens (including phenoxy) is 8. The van der Waals surface area contributed by atoms with Crippen LogP contribution >= 0.6 is 0 Å². The van der Waals surface area contributed by atoms with Gasteiger partial charge in [-0.3, -0.25) is 9.80 Å². The summed E-state index contributed by atoms with van der Waals surface area (Å²) < 4.78 is 53.3. The Balaban J connectivity index is 0.000000134. The van der Waals surface area contributed by atoms with E-state index in [1.165, 1.54) is 49.9 Å². The smallest absolute Gasteiger partial charge is 0.247 e. The van der Waals surface area contributed by atoms with E-state index in [-0.39, 0.29) is 6.04 Å². The van der Waals surface area contributed by atoms with E-state index >= 15 is 0 Å². The van der Waals surface area contributed by atoms with Crippen LogP contribution in [0.4, 0.5) is 23.3 Å². The van der Waals surface area contributed by atoms with Gasteiger partial charge >= 0.3 is 0 Å². The predicted octanol–water partition coefficient (Wildman–Crippen LogP) is 22.1. The summed E-state index contributed by atoms with van der Waals surface area (Å²) in [4.78, 5) is 28.7. The Bertz CT molecular complexity index is 6730. The van der Waals surface area contributed by atoms with Crippen molar-refractivity contribution in [2.45, 2.75) is 112 Å². The third-order valence-electron chi connectivity index (χ3n) is 25.6. The summed E-state index contributed by atoms with van der Waals surface area (Å²) in [6, 6.07) is 94.1. The second-order valence-corrected chi connectivity index (χ2v) is 34.7. The standard InChI is InChI=1S/C31H31N5O2.C28H34N4O2.C27H31N5O2.C27H32N4O2/c1-37-26-16-12-24(13-17-26)28-10-7-11-30-33-31(34-36(28)30)32-25-14-18-27(19-15-25)38-22-29(35-20-5-6-21-35)23-8-3-2-4-9-23;1-6-31(7-2)15-16-34-28-20(3)17-22(18-21(28)4)19-26-29-27-10-8-9-25(32(27)30-26)23-11-13-24(33-5)14-12-23;1-3-22(31-17-4-5-18-31)19-34-24-15-11-21(12-16-24)28-27-29-26-8-6-7-25(32(26)30-27)20-9-13-23(33-2)14-10-20;1-5-30(6-2)16-17-33-25-18-21(11-10-20(25)3)19-26-28-27-9-7-8-24(31(27)29-26)22-12-14-23(32-4)15-13-22/h2-4,7-19,29H,5-6,20-22H2,1H3,(H,32,34);8-14,17-18H,6-7,15-16,19H2,1-5H3;6-16,22H,3-5,17-19H2,1-2H3,(H,28,30);7-15,18H,5-6,16-17,19H2,1-4H3/t29-;;22-;/m1.1./s1. The first kappa shape index (κ1) is 97.4. The first-order valence-corrected chi connectivity index (χ1v) is 48.5. The summed E-state index contributed by atoms with van der Waals surface area (Å²) in [6.45, 7) is 30.7. The van der Waals surface area contributed by atoms with Crippen LogP contribution < -0.4 is 48.5 Å². The number of pyridine rings is 4. The maximum atomic E-state index is 6.26. The minimum absolute atomic E-state index is 0.263. The third-order valence-corrected chi connectivity index (χ3v) is 25.6. The fraction of sp³-hybridized carbons (Fsp3) is 0.310. The van der Waals surface area contributed by atoms with E-state index in [1.807, 2.05) is 224 Å². The molecule has 2 N–H and O–H groups in total. The predicted molar refractivity (Wildman–Crippen MR) is 554 cm³/mol. The zero-order valence-electron chi connectivity index (χ0n) is 82.0. The molecular formula is C113H128N18O8. The van der Waals surface area contributed by atoms with Crippen LogP contribution in [0.25, 0.3) is 67.6 Å². The van der Waals surface area contributed by atoms with Crippen molar-refractivity contribution in [3.63, 3.8) is 0 Å². The third kappa shape index (κ3) is 25.2. The number of aromatic nitrogens is 12. The lowest BCUT2D eigenvalue weighted by Gasteiger charge is -2.28. The van der Waals surface area contributed by atoms with E-state index in [4.69, 9.17) is 68.3 Å². The highest BCUT2D eigenvalue weighted by atomic mass is 16.5. The summed E-state index contributed by atoms with van der Waals surface area (Å²) in [5, 5.41) is 25.7. The molecule has 0 radical (unpaired) electrons. The van der Waals surface area contributed by atoms with Gasteiger partial charge in [0.15, 0.2) is 34.2 Å². The second-order valence-electron chi connectivity index (χ2n) is 34.7. The fourth-order valence-corrected chi connectivity index (χ4v) is 17.8. The van der Waals surface area contributed by atoms with Gasteiger partial charge in [-0.1, -0.05) is 113 Å². The van der Waals surface area contributed by atoms with Crippen LogP contribution in [0.5, 0.6) is 46.0 Å². The molecule has 2 saturated heterocycles. The zero-order chi connectivity index (χ0) is 96.4. The Morgan fingerprint density at radius 1 is 0.338 bits per heavy atom. The Labute approximate surface area is 815 Å². The van der Waals surface area contributed by atoms with E-state index in [9.17, 15) is 0 Å². The SMILES string of the molecule is CCN(CC)CCOc1c(C)cc(Cc2nc3cccc(-c4ccc(OC)cc4)n3n2)cc1C.CCN(CC)CCOc1cc(Cc2nc3cccc(-c4ccc(OC)cc4)n3n2)ccc1C.CC[C@H](COc1ccc(Nc2nc3cccc(-c4ccc(OC)cc4)n3n2)cc1)N1CCCC1.COc1ccc(-c2cccc3nc(Nc4ccc(OC[C@H](c5ccccc5)N5CCCC5)cc4)nn23)cc1. The molecule has 17 aromatic rings. The lowest BCUT2D eigenvalue weighted by atomic mass is 10.0. The van der Waals surface area contributed by atoms with Crippen LogP contribution in [0.15, 0.2) is 279 Å². The summed E-state index contributed by atoms with van der Waals surface area (Å²) in [5.41, 5.74) is 20.3. The minimum Gasteiger partial charge on any atom is -0.497 e. The molecule has 0 aliphatic carbocycles. The number of hydrogen-bond donors (Lipinski definition) is 2. The van der Waals surface area contributed by atoms with Crippen molar-refractivity contribution in [3.8, 4) is 91.0 Å². The Morgan fingerprint density at radius 2 is 0.712 bits per heavy atom. The number of aryl methyl sites for hydroxylation is 3. The van der Waals surface area contributed by atoms with E-state index in [0.717, 1.165) is 224 Å². The van der Waals surface area contributed by atoms with Crippen LogP contribution in [-0.2, 0) is 12.8 Å². The number of nitrogens with zero attached hydrogens (tertiary/aromatic N) is 16. The molecule has 0 unspecified atom stereocenters. The van der Waals surface area contributed by atoms with E-state index in [1.54, 1.807) is 28.4 Å². The van der Waals surface area contributed by atoms with Crippen LogP contribution in [0.2, 0.25) is 0 Å². The normalized spacial score (nSPS) is 13.1. The molecular weight excluding hydrogens is 1740 g/mol. The van der Waals surface area contributed by atoms with Crippen molar-refractivity contribution in [3.05, 3.63) is 324 Å². The van der Waals surface area contributed by atoms with Crippen molar-refractivity contribution in [2.24, 2.45) is 0 Å². The summed E-state index contributed by atoms with van der Waals surface area (Å²) in [5.74, 6) is 9.64. The van der Waals surface area contributed by atoms with Gasteiger partial charge in [0.05, 0.1) is 57.3 Å². The maximum absolute atomic E-state index is 6.26. The highest BCUT2D eigenvalue weighted by Gasteiger charge is 2.26. The lowest BCUT2D eigenvalue weighted by molar-refractivity contribution is 0.156. The van der Waals surface area contributed by atoms with Crippen LogP contribution in [0, 0.1) is 20.8 Å². The quantitative estimate of drug-likeness (QED) is 0.0366. The zero-order valence-corrected chi connectivity index (χ0v) is 82.0. The van der Waals surface area contributed by atoms with E-state index in [2.05, 4.69) is 168 Å². The van der Waals surface area contributed by atoms with Gasteiger partial charge < -0.3 is 58.3 Å². The van der Waals surface area contributed by atoms with Gasteiger partial charge in [-0.05, 0) is 339 Å². The van der Waals surface area contributed by atoms with Crippen molar-refractivity contribution < 1.29 is 37.9 Å². The van der Waals surface area contributed by atoms with E-state index in [0.29, 0.717) is 50.6 Å². The summed E-state index contributed by atoms with van der Waals surface area (Å²) in [7, 11) is 6.68. The number of methoxy groups -OCH3 is 4. The fourth-order valence-electron chi connectivity index (χ4n) is 17.8. The molecule has 0 bridgehead atoms. The van der Waals surface area contributed by atoms with Gasteiger partial charge in [-0.2, -0.15) is 20.2 Å². The number of fused-ring (bicyclic) bond motifs is 4. The molecule has 139 heavy (non-hydrogen) atoms. The van der Waals surface area contributed by atoms with Crippen molar-refractivity contribution in [1.82, 2.24) is 78.0 Å². The molecule has 19 rings (SSSR count). The minimum atomic E-state index is 0.263. The molecule has 8 aromatic heterocycles. The number of anilines is 4. The monoisotopic (exact) mass is 1870 g/mol. The van der Waals surface area contributed by atoms with Crippen LogP contribution in [-0.4, -0.2) is 204 Å². The molecule has 718 valence electrons. The molecule has 2 aliphatic rings. The Hall–Kier alpha value is -14.7. The Kier molecular flexibility index (Phi) is 33.5. The number of nitrogens with one attached hydrogen (secondary N) is 2. The molecule has 0 saturated carbocycles. The molecule has 26 heteroatoms. The number of likely N-dealkylation sites (tertiary alicyclic amines) is 2. The molecule has 2 aliphatic heterocycles. The van der Waals surface area contributed by atoms with Gasteiger partial charge in [-0.15, -0.1) is 10.2 Å². The number of benzene rings is 9. The highest BCUT2D eigenvalue weighted by Crippen LogP contribution is 2.35. The highest BCUT2D eigenvalue weighted by molar-refractivity contribution is 5.69.